The molecule has 3 aromatic carbocycles. The highest BCUT2D eigenvalue weighted by atomic mass is 32.2. The summed E-state index contributed by atoms with van der Waals surface area (Å²) in [7, 11) is -4.25. The number of nitrogens with zero attached hydrogens (tertiary/aromatic N) is 2. The Labute approximate surface area is 249 Å². The minimum Gasteiger partial charge on any atom is -0.507 e. The average Bonchev–Trinajstić information content (AvgIpc) is 3.34. The summed E-state index contributed by atoms with van der Waals surface area (Å²) in [5.74, 6) is -4.85. The van der Waals surface area contributed by atoms with Crippen LogP contribution in [0.5, 0.6) is 11.5 Å². The molecule has 0 spiro atoms. The Hall–Kier alpha value is -5.48. The van der Waals surface area contributed by atoms with Crippen LogP contribution in [0.3, 0.4) is 0 Å². The number of aliphatic carboxylic acids is 2. The molecule has 15 nitrogen and oxygen atoms in total. The zero-order valence-electron chi connectivity index (χ0n) is 23.3. The molecule has 10 N–H and O–H groups in total. The molecule has 1 heterocycles. The number of rotatable bonds is 10. The normalized spacial score (nSPS) is 11.8. The van der Waals surface area contributed by atoms with Crippen LogP contribution < -0.4 is 10.9 Å². The van der Waals surface area contributed by atoms with Crippen molar-refractivity contribution in [2.24, 2.45) is 10.9 Å². The minimum atomic E-state index is -4.25. The van der Waals surface area contributed by atoms with Gasteiger partial charge in [0, 0.05) is 16.7 Å². The van der Waals surface area contributed by atoms with E-state index in [1.165, 1.54) is 32.0 Å². The summed E-state index contributed by atoms with van der Waals surface area (Å²) in [5, 5.41) is 53.8. The molecule has 0 bridgehead atoms. The number of carbonyl (C=O) groups is 3. The molecule has 44 heavy (non-hydrogen) atoms. The van der Waals surface area contributed by atoms with Crippen molar-refractivity contribution in [3.63, 3.8) is 0 Å². The van der Waals surface area contributed by atoms with Crippen molar-refractivity contribution < 1.29 is 43.2 Å². The molecule has 0 aliphatic carbocycles. The Kier molecular flexibility index (Phi) is 8.08. The first kappa shape index (κ1) is 31.5. The fraction of sp³-hybridized carbons (Fsp3) is 0.179. The van der Waals surface area contributed by atoms with Gasteiger partial charge in [0.25, 0.3) is 0 Å². The number of imidazole rings is 1. The number of aromatic nitrogens is 2. The predicted molar refractivity (Wildman–Crippen MR) is 158 cm³/mol. The molecule has 0 unspecified atom stereocenters. The van der Waals surface area contributed by atoms with Crippen LogP contribution >= 0.6 is 0 Å². The van der Waals surface area contributed by atoms with E-state index in [0.717, 1.165) is 18.2 Å². The molecular formula is C28H28N6O9S. The summed E-state index contributed by atoms with van der Waals surface area (Å²) in [4.78, 5) is 44.3. The Bertz CT molecular complexity index is 1950. The number of carboxylic acid groups (broad SMARTS) is 2. The van der Waals surface area contributed by atoms with Crippen LogP contribution in [-0.4, -0.2) is 80.5 Å². The summed E-state index contributed by atoms with van der Waals surface area (Å²) in [6.07, 6.45) is 0. The van der Waals surface area contributed by atoms with Crippen molar-refractivity contribution in [2.75, 3.05) is 13.1 Å². The third-order valence-electron chi connectivity index (χ3n) is 6.94. The Morgan fingerprint density at radius 1 is 0.955 bits per heavy atom. The van der Waals surface area contributed by atoms with Gasteiger partial charge in [0.15, 0.2) is 0 Å². The van der Waals surface area contributed by atoms with Crippen LogP contribution in [0.15, 0.2) is 53.4 Å². The minimum absolute atomic E-state index is 0.0117. The molecule has 230 valence electrons. The maximum atomic E-state index is 13.6. The van der Waals surface area contributed by atoms with E-state index >= 15 is 0 Å². The number of hydrogen-bond donors (Lipinski definition) is 8. The maximum Gasteiger partial charge on any atom is 0.323 e. The standard InChI is InChI=1S/C28H28N6O9S/c1-28(2,27(41)34(11-22(36)37)12-23(38)39)14-8-17(16-10-15(44(31,42)43)4-6-21(16)35)24(40)18(9-14)26-32-19-5-3-13(25(29)30)7-20(19)33-26/h3-10,35,40H,11-12H2,1-2H3,(H3,29,30)(H,32,33)(H,36,37)(H,38,39)(H2,31,42,43). The summed E-state index contributed by atoms with van der Waals surface area (Å²) in [5.41, 5.74) is 4.97. The molecule has 1 aromatic heterocycles. The molecule has 0 radical (unpaired) electrons. The summed E-state index contributed by atoms with van der Waals surface area (Å²) in [6, 6.07) is 10.5. The lowest BCUT2D eigenvalue weighted by atomic mass is 9.80. The number of sulfonamides is 1. The second kappa shape index (κ2) is 11.3. The van der Waals surface area contributed by atoms with Crippen LogP contribution in [-0.2, 0) is 29.8 Å². The number of H-pyrrole nitrogens is 1. The molecule has 16 heteroatoms. The van der Waals surface area contributed by atoms with E-state index in [4.69, 9.17) is 16.3 Å². The van der Waals surface area contributed by atoms with Crippen molar-refractivity contribution >= 4 is 44.7 Å². The number of primary sulfonamides is 1. The predicted octanol–water partition coefficient (Wildman–Crippen LogP) is 1.51. The van der Waals surface area contributed by atoms with Crippen molar-refractivity contribution in [2.45, 2.75) is 24.2 Å². The number of carboxylic acids is 2. The first-order valence-corrected chi connectivity index (χ1v) is 14.3. The number of nitrogens with one attached hydrogen (secondary N) is 2. The van der Waals surface area contributed by atoms with Gasteiger partial charge in [-0.2, -0.15) is 0 Å². The van der Waals surface area contributed by atoms with Gasteiger partial charge in [-0.25, -0.2) is 18.5 Å². The fourth-order valence-electron chi connectivity index (χ4n) is 4.63. The highest BCUT2D eigenvalue weighted by Gasteiger charge is 2.37. The molecule has 0 aliphatic rings. The number of fused-ring (bicyclic) bond motifs is 1. The highest BCUT2D eigenvalue weighted by Crippen LogP contribution is 2.45. The quantitative estimate of drug-likeness (QED) is 0.0925. The van der Waals surface area contributed by atoms with E-state index in [1.54, 1.807) is 12.1 Å². The monoisotopic (exact) mass is 624 g/mol. The zero-order valence-corrected chi connectivity index (χ0v) is 24.1. The molecule has 0 saturated carbocycles. The third kappa shape index (κ3) is 6.16. The Morgan fingerprint density at radius 2 is 1.57 bits per heavy atom. The lowest BCUT2D eigenvalue weighted by molar-refractivity contribution is -0.151. The van der Waals surface area contributed by atoms with Crippen molar-refractivity contribution in [1.82, 2.24) is 14.9 Å². The van der Waals surface area contributed by atoms with Crippen LogP contribution in [0.2, 0.25) is 0 Å². The van der Waals surface area contributed by atoms with Gasteiger partial charge in [-0.05, 0) is 67.9 Å². The number of benzene rings is 3. The highest BCUT2D eigenvalue weighted by molar-refractivity contribution is 7.89. The van der Waals surface area contributed by atoms with Gasteiger partial charge in [0.2, 0.25) is 15.9 Å². The second-order valence-electron chi connectivity index (χ2n) is 10.4. The molecular weight excluding hydrogens is 596 g/mol. The van der Waals surface area contributed by atoms with Crippen LogP contribution in [0, 0.1) is 5.41 Å². The smallest absolute Gasteiger partial charge is 0.323 e. The molecule has 0 atom stereocenters. The number of aromatic amines is 1. The number of amides is 1. The molecule has 4 aromatic rings. The van der Waals surface area contributed by atoms with Gasteiger partial charge in [-0.15, -0.1) is 0 Å². The van der Waals surface area contributed by atoms with E-state index in [-0.39, 0.29) is 38.8 Å². The topological polar surface area (TPSA) is 274 Å². The van der Waals surface area contributed by atoms with Gasteiger partial charge in [-0.1, -0.05) is 0 Å². The number of nitrogens with two attached hydrogens (primary N) is 2. The van der Waals surface area contributed by atoms with E-state index in [0.29, 0.717) is 21.5 Å². The average molecular weight is 625 g/mol. The largest absolute Gasteiger partial charge is 0.507 e. The van der Waals surface area contributed by atoms with Gasteiger partial charge >= 0.3 is 11.9 Å². The number of amidine groups is 1. The van der Waals surface area contributed by atoms with Crippen molar-refractivity contribution in [3.8, 4) is 34.0 Å². The molecule has 0 saturated heterocycles. The van der Waals surface area contributed by atoms with Gasteiger partial charge in [-0.3, -0.25) is 19.8 Å². The number of nitrogen functional groups attached to an aromatic ring is 1. The zero-order chi connectivity index (χ0) is 32.7. The first-order valence-electron chi connectivity index (χ1n) is 12.7. The van der Waals surface area contributed by atoms with Crippen LogP contribution in [0.4, 0.5) is 0 Å². The molecule has 4 rings (SSSR count). The van der Waals surface area contributed by atoms with E-state index < -0.39 is 57.9 Å². The third-order valence-corrected chi connectivity index (χ3v) is 7.85. The Morgan fingerprint density at radius 3 is 2.14 bits per heavy atom. The number of hydrogen-bond acceptors (Lipinski definition) is 9. The number of phenolic OH excluding ortho intramolecular Hbond substituents is 2. The summed E-state index contributed by atoms with van der Waals surface area (Å²) in [6.45, 7) is 0.992. The lowest BCUT2D eigenvalue weighted by Gasteiger charge is -2.31. The second-order valence-corrected chi connectivity index (χ2v) is 12.0. The molecule has 0 fully saturated rings. The maximum absolute atomic E-state index is 13.6. The lowest BCUT2D eigenvalue weighted by Crippen LogP contribution is -2.47. The molecule has 1 amide bonds. The van der Waals surface area contributed by atoms with Crippen molar-refractivity contribution in [1.29, 1.82) is 5.41 Å². The summed E-state index contributed by atoms with van der Waals surface area (Å²) >= 11 is 0. The Balaban J connectivity index is 2.01. The molecule has 0 aliphatic heterocycles. The number of phenols is 2. The SMILES string of the molecule is CC(C)(C(=O)N(CC(=O)O)CC(=O)O)c1cc(-c2nc3cc(C(=N)N)ccc3[nH]2)c(O)c(-c2cc(S(N)(=O)=O)ccc2O)c1. The van der Waals surface area contributed by atoms with E-state index in [2.05, 4.69) is 9.97 Å². The van der Waals surface area contributed by atoms with Crippen molar-refractivity contribution in [3.05, 3.63) is 59.7 Å². The van der Waals surface area contributed by atoms with E-state index in [9.17, 15) is 43.2 Å². The van der Waals surface area contributed by atoms with Crippen LogP contribution in [0.1, 0.15) is 25.0 Å². The van der Waals surface area contributed by atoms with Gasteiger partial charge in [0.1, 0.15) is 36.2 Å². The van der Waals surface area contributed by atoms with Crippen LogP contribution in [0.25, 0.3) is 33.5 Å². The fourth-order valence-corrected chi connectivity index (χ4v) is 5.17. The number of aromatic hydroxyl groups is 2. The van der Waals surface area contributed by atoms with Gasteiger partial charge < -0.3 is 36.0 Å². The number of carbonyl (C=O) groups excluding carboxylic acids is 1. The first-order chi connectivity index (χ1) is 20.4. The van der Waals surface area contributed by atoms with Gasteiger partial charge in [0.05, 0.1) is 26.9 Å². The summed E-state index contributed by atoms with van der Waals surface area (Å²) < 4.78 is 24.2. The van der Waals surface area contributed by atoms with E-state index in [1.807, 2.05) is 0 Å².